The van der Waals surface area contributed by atoms with Crippen LogP contribution in [0.3, 0.4) is 0 Å². The van der Waals surface area contributed by atoms with Crippen LogP contribution in [0.2, 0.25) is 0 Å². The fourth-order valence-corrected chi connectivity index (χ4v) is 4.17. The Morgan fingerprint density at radius 1 is 1.24 bits per heavy atom. The number of piperazine rings is 1. The Kier molecular flexibility index (Phi) is 7.66. The van der Waals surface area contributed by atoms with Crippen molar-refractivity contribution < 1.29 is 32.9 Å². The number of thiol groups is 1. The molecule has 1 atom stereocenters. The second-order valence-electron chi connectivity index (χ2n) is 8.49. The Labute approximate surface area is 216 Å². The topological polar surface area (TPSA) is 130 Å². The van der Waals surface area contributed by atoms with E-state index in [0.29, 0.717) is 37.6 Å². The van der Waals surface area contributed by atoms with Crippen LogP contribution in [-0.2, 0) is 9.53 Å². The molecule has 1 unspecified atom stereocenters. The summed E-state index contributed by atoms with van der Waals surface area (Å²) in [6.07, 6.45) is 1.46. The molecule has 1 aromatic heterocycles. The van der Waals surface area contributed by atoms with E-state index in [1.165, 1.54) is 47.2 Å². The van der Waals surface area contributed by atoms with Crippen molar-refractivity contribution in [1.29, 1.82) is 0 Å². The molecule has 2 aliphatic heterocycles. The third kappa shape index (κ3) is 6.02. The van der Waals surface area contributed by atoms with Crippen molar-refractivity contribution in [3.05, 3.63) is 58.1 Å². The average Bonchev–Trinajstić information content (AvgIpc) is 3.49. The average molecular weight is 534 g/mol. The second-order valence-corrected chi connectivity index (χ2v) is 8.88. The highest BCUT2D eigenvalue weighted by molar-refractivity contribution is 7.96. The van der Waals surface area contributed by atoms with Gasteiger partial charge in [0.25, 0.3) is 5.24 Å². The van der Waals surface area contributed by atoms with Gasteiger partial charge in [-0.1, -0.05) is 12.6 Å². The Morgan fingerprint density at radius 3 is 2.59 bits per heavy atom. The predicted octanol–water partition coefficient (Wildman–Crippen LogP) is 3.00. The number of amides is 3. The number of rotatable bonds is 7. The molecule has 14 heteroatoms. The van der Waals surface area contributed by atoms with Crippen molar-refractivity contribution in [2.24, 2.45) is 0 Å². The summed E-state index contributed by atoms with van der Waals surface area (Å²) in [5.74, 6) is -1.03. The summed E-state index contributed by atoms with van der Waals surface area (Å²) < 4.78 is 25.3. The van der Waals surface area contributed by atoms with Crippen molar-refractivity contribution in [1.82, 2.24) is 9.80 Å². The van der Waals surface area contributed by atoms with E-state index in [2.05, 4.69) is 12.6 Å². The van der Waals surface area contributed by atoms with Crippen LogP contribution >= 0.6 is 12.6 Å². The third-order valence-electron chi connectivity index (χ3n) is 6.04. The number of nitro groups is 1. The minimum absolute atomic E-state index is 0.169. The van der Waals surface area contributed by atoms with E-state index >= 15 is 4.39 Å². The van der Waals surface area contributed by atoms with Crippen LogP contribution in [-0.4, -0.2) is 84.4 Å². The molecule has 0 radical (unpaired) electrons. The summed E-state index contributed by atoms with van der Waals surface area (Å²) in [5.41, 5.74) is 0.685. The second kappa shape index (κ2) is 10.9. The quantitative estimate of drug-likeness (QED) is 0.249. The molecule has 37 heavy (non-hydrogen) atoms. The molecule has 2 saturated heterocycles. The van der Waals surface area contributed by atoms with Crippen LogP contribution in [0.25, 0.3) is 6.08 Å². The number of carbonyl (C=O) groups excluding carboxylic acids is 3. The van der Waals surface area contributed by atoms with Gasteiger partial charge in [0.1, 0.15) is 22.6 Å². The number of halogens is 1. The van der Waals surface area contributed by atoms with Crippen molar-refractivity contribution in [3.8, 4) is 0 Å². The molecule has 2 aromatic rings. The van der Waals surface area contributed by atoms with Crippen LogP contribution in [0.4, 0.5) is 31.2 Å². The molecule has 0 spiro atoms. The lowest BCUT2D eigenvalue weighted by atomic mass is 10.2. The van der Waals surface area contributed by atoms with E-state index < -0.39 is 34.1 Å². The van der Waals surface area contributed by atoms with E-state index in [9.17, 15) is 24.5 Å². The highest BCUT2D eigenvalue weighted by Crippen LogP contribution is 2.29. The normalized spacial score (nSPS) is 17.9. The van der Waals surface area contributed by atoms with Crippen molar-refractivity contribution in [2.45, 2.75) is 6.10 Å². The fraction of sp³-hybridized carbons (Fsp3) is 0.348. The SMILES string of the molecule is CN(CC1CN(c2ccc(N3CCN(C(=O)C=Cc4ccc([N+](=O)[O-])o4)CC3)c(F)c2)C(=O)O1)C(=O)S. The molecule has 2 fully saturated rings. The summed E-state index contributed by atoms with van der Waals surface area (Å²) in [4.78, 5) is 52.1. The van der Waals surface area contributed by atoms with Gasteiger partial charge in [-0.05, 0) is 30.3 Å². The number of ether oxygens (including phenoxy) is 1. The van der Waals surface area contributed by atoms with E-state index in [1.54, 1.807) is 21.9 Å². The number of cyclic esters (lactones) is 1. The molecular weight excluding hydrogens is 509 g/mol. The summed E-state index contributed by atoms with van der Waals surface area (Å²) in [5, 5.41) is 10.2. The van der Waals surface area contributed by atoms with Gasteiger partial charge in [-0.25, -0.2) is 9.18 Å². The van der Waals surface area contributed by atoms with Crippen LogP contribution in [0.1, 0.15) is 5.76 Å². The largest absolute Gasteiger partial charge is 0.442 e. The number of nitrogens with zero attached hydrogens (tertiary/aromatic N) is 5. The minimum Gasteiger partial charge on any atom is -0.442 e. The molecule has 0 N–H and O–H groups in total. The Morgan fingerprint density at radius 2 is 1.97 bits per heavy atom. The minimum atomic E-state index is -0.662. The maximum Gasteiger partial charge on any atom is 0.433 e. The van der Waals surface area contributed by atoms with Crippen molar-refractivity contribution in [3.63, 3.8) is 0 Å². The molecule has 4 rings (SSSR count). The van der Waals surface area contributed by atoms with Crippen LogP contribution in [0, 0.1) is 15.9 Å². The molecular formula is C23H24FN5O7S. The molecule has 1 aromatic carbocycles. The van der Waals surface area contributed by atoms with Gasteiger partial charge in [-0.15, -0.1) is 0 Å². The summed E-state index contributed by atoms with van der Waals surface area (Å²) in [6.45, 7) is 1.81. The maximum atomic E-state index is 15.0. The van der Waals surface area contributed by atoms with Gasteiger partial charge in [0.2, 0.25) is 5.91 Å². The monoisotopic (exact) mass is 533 g/mol. The Bertz CT molecular complexity index is 1240. The van der Waals surface area contributed by atoms with E-state index in [-0.39, 0.29) is 24.8 Å². The third-order valence-corrected chi connectivity index (χ3v) is 6.38. The van der Waals surface area contributed by atoms with Crippen molar-refractivity contribution in [2.75, 3.05) is 56.1 Å². The van der Waals surface area contributed by atoms with Gasteiger partial charge in [0.05, 0.1) is 30.5 Å². The lowest BCUT2D eigenvalue weighted by Crippen LogP contribution is -2.48. The van der Waals surface area contributed by atoms with Gasteiger partial charge in [-0.2, -0.15) is 0 Å². The molecule has 12 nitrogen and oxygen atoms in total. The zero-order valence-electron chi connectivity index (χ0n) is 19.8. The van der Waals surface area contributed by atoms with Crippen LogP contribution in [0.15, 0.2) is 40.8 Å². The first kappa shape index (κ1) is 26.0. The molecule has 2 aliphatic rings. The van der Waals surface area contributed by atoms with Gasteiger partial charge in [-0.3, -0.25) is 24.6 Å². The molecule has 0 saturated carbocycles. The first-order valence-corrected chi connectivity index (χ1v) is 11.7. The molecule has 0 aliphatic carbocycles. The van der Waals surface area contributed by atoms with Crippen LogP contribution < -0.4 is 9.80 Å². The van der Waals surface area contributed by atoms with Gasteiger partial charge < -0.3 is 23.9 Å². The zero-order valence-corrected chi connectivity index (χ0v) is 20.7. The first-order chi connectivity index (χ1) is 17.6. The molecule has 3 heterocycles. The number of carbonyl (C=O) groups is 3. The number of hydrogen-bond donors (Lipinski definition) is 1. The lowest BCUT2D eigenvalue weighted by molar-refractivity contribution is -0.402. The fourth-order valence-electron chi connectivity index (χ4n) is 4.09. The maximum absolute atomic E-state index is 15.0. The van der Waals surface area contributed by atoms with Crippen molar-refractivity contribution >= 4 is 53.2 Å². The van der Waals surface area contributed by atoms with E-state index in [0.717, 1.165) is 0 Å². The Balaban J connectivity index is 1.33. The number of anilines is 2. The zero-order chi connectivity index (χ0) is 26.7. The standard InChI is InChI=1S/C23H24FN5O7S/c1-25(23(32)37)13-17-14-28(22(31)36-17)15-2-5-19(18(24)12-15)26-8-10-27(11-9-26)20(30)6-3-16-4-7-21(35-16)29(33)34/h2-7,12,17H,8-11,13-14H2,1H3,(H,32,37). The van der Waals surface area contributed by atoms with Gasteiger partial charge in [0.15, 0.2) is 0 Å². The number of furan rings is 1. The van der Waals surface area contributed by atoms with E-state index in [4.69, 9.17) is 9.15 Å². The van der Waals surface area contributed by atoms with E-state index in [1.807, 2.05) is 0 Å². The number of benzene rings is 1. The summed E-state index contributed by atoms with van der Waals surface area (Å²) in [7, 11) is 1.54. The molecule has 196 valence electrons. The number of likely N-dealkylation sites (N-methyl/N-ethyl adjacent to an activating group) is 1. The van der Waals surface area contributed by atoms with Gasteiger partial charge >= 0.3 is 12.0 Å². The summed E-state index contributed by atoms with van der Waals surface area (Å²) in [6, 6.07) is 7.07. The molecule has 0 bridgehead atoms. The smallest absolute Gasteiger partial charge is 0.433 e. The molecule has 3 amide bonds. The number of hydrogen-bond acceptors (Lipinski definition) is 8. The van der Waals surface area contributed by atoms with Crippen LogP contribution in [0.5, 0.6) is 0 Å². The highest BCUT2D eigenvalue weighted by atomic mass is 32.1. The van der Waals surface area contributed by atoms with Gasteiger partial charge in [0, 0.05) is 39.3 Å². The highest BCUT2D eigenvalue weighted by Gasteiger charge is 2.34. The Hall–Kier alpha value is -4.07. The predicted molar refractivity (Wildman–Crippen MR) is 134 cm³/mol. The first-order valence-electron chi connectivity index (χ1n) is 11.3. The summed E-state index contributed by atoms with van der Waals surface area (Å²) >= 11 is 3.73. The lowest BCUT2D eigenvalue weighted by Gasteiger charge is -2.36.